The molecule has 0 radical (unpaired) electrons. The molecule has 1 aromatic carbocycles. The van der Waals surface area contributed by atoms with Gasteiger partial charge in [-0.15, -0.1) is 12.4 Å². The average molecular weight is 408 g/mol. The van der Waals surface area contributed by atoms with Gasteiger partial charge in [-0.3, -0.25) is 4.79 Å². The van der Waals surface area contributed by atoms with Crippen molar-refractivity contribution in [1.82, 2.24) is 10.2 Å². The van der Waals surface area contributed by atoms with Gasteiger partial charge < -0.3 is 19.7 Å². The van der Waals surface area contributed by atoms with Crippen LogP contribution >= 0.6 is 28.3 Å². The van der Waals surface area contributed by atoms with Gasteiger partial charge in [-0.1, -0.05) is 15.9 Å². The summed E-state index contributed by atoms with van der Waals surface area (Å²) in [4.78, 5) is 14.1. The quantitative estimate of drug-likeness (QED) is 0.754. The molecule has 0 spiro atoms. The van der Waals surface area contributed by atoms with E-state index in [9.17, 15) is 4.79 Å². The minimum atomic E-state index is 0. The highest BCUT2D eigenvalue weighted by Crippen LogP contribution is 2.16. The number of carbonyl (C=O) groups is 1. The van der Waals surface area contributed by atoms with Crippen molar-refractivity contribution in [2.75, 3.05) is 39.5 Å². The molecule has 1 N–H and O–H groups in total. The van der Waals surface area contributed by atoms with Crippen molar-refractivity contribution in [2.45, 2.75) is 19.4 Å². The second kappa shape index (κ2) is 10.9. The second-order valence-corrected chi connectivity index (χ2v) is 6.12. The first-order chi connectivity index (χ1) is 10.7. The second-order valence-electron chi connectivity index (χ2n) is 5.21. The predicted octanol–water partition coefficient (Wildman–Crippen LogP) is 2.48. The van der Waals surface area contributed by atoms with Crippen LogP contribution in [0.25, 0.3) is 0 Å². The SMILES string of the molecule is CCN(CCOc1ccc(Br)cc1)C(=O)CC1COCCN1.Cl. The lowest BCUT2D eigenvalue weighted by Gasteiger charge is -2.27. The summed E-state index contributed by atoms with van der Waals surface area (Å²) in [6.45, 7) is 5.92. The summed E-state index contributed by atoms with van der Waals surface area (Å²) in [5.41, 5.74) is 0. The van der Waals surface area contributed by atoms with Crippen LogP contribution in [0.5, 0.6) is 5.75 Å². The van der Waals surface area contributed by atoms with Gasteiger partial charge in [-0.05, 0) is 31.2 Å². The topological polar surface area (TPSA) is 50.8 Å². The van der Waals surface area contributed by atoms with E-state index in [-0.39, 0.29) is 24.4 Å². The van der Waals surface area contributed by atoms with Gasteiger partial charge >= 0.3 is 0 Å². The van der Waals surface area contributed by atoms with Crippen LogP contribution < -0.4 is 10.1 Å². The largest absolute Gasteiger partial charge is 0.492 e. The number of morpholine rings is 1. The molecule has 1 aliphatic rings. The zero-order valence-electron chi connectivity index (χ0n) is 13.3. The summed E-state index contributed by atoms with van der Waals surface area (Å²) < 4.78 is 12.1. The van der Waals surface area contributed by atoms with E-state index in [4.69, 9.17) is 9.47 Å². The Morgan fingerprint density at radius 1 is 1.43 bits per heavy atom. The number of benzene rings is 1. The van der Waals surface area contributed by atoms with Crippen LogP contribution in [0, 0.1) is 0 Å². The lowest BCUT2D eigenvalue weighted by Crippen LogP contribution is -2.45. The van der Waals surface area contributed by atoms with E-state index in [1.807, 2.05) is 36.1 Å². The fraction of sp³-hybridized carbons (Fsp3) is 0.562. The van der Waals surface area contributed by atoms with Crippen molar-refractivity contribution in [3.63, 3.8) is 0 Å². The Labute approximate surface area is 152 Å². The van der Waals surface area contributed by atoms with Crippen LogP contribution in [-0.4, -0.2) is 56.3 Å². The minimum absolute atomic E-state index is 0. The molecule has 0 aromatic heterocycles. The van der Waals surface area contributed by atoms with Crippen LogP contribution in [0.15, 0.2) is 28.7 Å². The fourth-order valence-electron chi connectivity index (χ4n) is 2.35. The van der Waals surface area contributed by atoms with Crippen molar-refractivity contribution in [3.05, 3.63) is 28.7 Å². The summed E-state index contributed by atoms with van der Waals surface area (Å²) >= 11 is 3.39. The smallest absolute Gasteiger partial charge is 0.224 e. The minimum Gasteiger partial charge on any atom is -0.492 e. The molecule has 1 amide bonds. The van der Waals surface area contributed by atoms with Gasteiger partial charge in [0.1, 0.15) is 12.4 Å². The fourth-order valence-corrected chi connectivity index (χ4v) is 2.62. The molecule has 1 atom stereocenters. The molecule has 1 aromatic rings. The van der Waals surface area contributed by atoms with Gasteiger partial charge in [0.25, 0.3) is 0 Å². The Hall–Kier alpha value is -0.820. The number of amides is 1. The molecule has 0 saturated carbocycles. The summed E-state index contributed by atoms with van der Waals surface area (Å²) in [5.74, 6) is 0.957. The van der Waals surface area contributed by atoms with Crippen LogP contribution in [-0.2, 0) is 9.53 Å². The third-order valence-corrected chi connectivity index (χ3v) is 4.13. The number of nitrogens with zero attached hydrogens (tertiary/aromatic N) is 1. The maximum absolute atomic E-state index is 12.3. The van der Waals surface area contributed by atoms with Gasteiger partial charge in [-0.2, -0.15) is 0 Å². The molecule has 1 heterocycles. The molecular weight excluding hydrogens is 384 g/mol. The van der Waals surface area contributed by atoms with Crippen LogP contribution in [0.4, 0.5) is 0 Å². The number of nitrogens with one attached hydrogen (secondary N) is 1. The number of carbonyl (C=O) groups excluding carboxylic acids is 1. The molecule has 23 heavy (non-hydrogen) atoms. The van der Waals surface area contributed by atoms with Crippen molar-refractivity contribution >= 4 is 34.2 Å². The molecule has 1 unspecified atom stereocenters. The maximum Gasteiger partial charge on any atom is 0.224 e. The molecule has 0 aliphatic carbocycles. The van der Waals surface area contributed by atoms with E-state index in [1.54, 1.807) is 0 Å². The van der Waals surface area contributed by atoms with Gasteiger partial charge in [0.15, 0.2) is 0 Å². The van der Waals surface area contributed by atoms with Crippen molar-refractivity contribution < 1.29 is 14.3 Å². The zero-order valence-corrected chi connectivity index (χ0v) is 15.7. The Kier molecular flexibility index (Phi) is 9.55. The highest BCUT2D eigenvalue weighted by molar-refractivity contribution is 9.10. The van der Waals surface area contributed by atoms with Crippen molar-refractivity contribution in [1.29, 1.82) is 0 Å². The lowest BCUT2D eigenvalue weighted by molar-refractivity contribution is -0.132. The number of rotatable bonds is 7. The molecule has 2 rings (SSSR count). The number of hydrogen-bond donors (Lipinski definition) is 1. The molecule has 1 aliphatic heterocycles. The van der Waals surface area contributed by atoms with E-state index in [0.29, 0.717) is 32.7 Å². The molecule has 1 fully saturated rings. The van der Waals surface area contributed by atoms with Gasteiger partial charge in [0.05, 0.1) is 19.8 Å². The lowest BCUT2D eigenvalue weighted by atomic mass is 10.2. The summed E-state index contributed by atoms with van der Waals surface area (Å²) in [6, 6.07) is 7.82. The zero-order chi connectivity index (χ0) is 15.8. The highest BCUT2D eigenvalue weighted by Gasteiger charge is 2.20. The van der Waals surface area contributed by atoms with E-state index < -0.39 is 0 Å². The molecular formula is C16H24BrClN2O3. The van der Waals surface area contributed by atoms with E-state index in [0.717, 1.165) is 23.4 Å². The first-order valence-corrected chi connectivity index (χ1v) is 8.45. The normalized spacial score (nSPS) is 17.2. The van der Waals surface area contributed by atoms with Crippen LogP contribution in [0.1, 0.15) is 13.3 Å². The Morgan fingerprint density at radius 3 is 2.78 bits per heavy atom. The van der Waals surface area contributed by atoms with Crippen molar-refractivity contribution in [2.24, 2.45) is 0 Å². The van der Waals surface area contributed by atoms with E-state index >= 15 is 0 Å². The summed E-state index contributed by atoms with van der Waals surface area (Å²) in [5, 5.41) is 3.31. The first-order valence-electron chi connectivity index (χ1n) is 7.66. The van der Waals surface area contributed by atoms with Gasteiger partial charge in [0.2, 0.25) is 5.91 Å². The third kappa shape index (κ3) is 7.08. The molecule has 7 heteroatoms. The summed E-state index contributed by atoms with van der Waals surface area (Å²) in [6.07, 6.45) is 0.478. The first kappa shape index (κ1) is 20.2. The number of halogens is 2. The number of hydrogen-bond acceptors (Lipinski definition) is 4. The van der Waals surface area contributed by atoms with Crippen LogP contribution in [0.3, 0.4) is 0 Å². The van der Waals surface area contributed by atoms with E-state index in [1.165, 1.54) is 0 Å². The Bertz CT molecular complexity index is 467. The van der Waals surface area contributed by atoms with Gasteiger partial charge in [-0.25, -0.2) is 0 Å². The van der Waals surface area contributed by atoms with Crippen LogP contribution in [0.2, 0.25) is 0 Å². The molecule has 5 nitrogen and oxygen atoms in total. The average Bonchev–Trinajstić information content (AvgIpc) is 2.54. The van der Waals surface area contributed by atoms with Gasteiger partial charge in [0, 0.05) is 30.0 Å². The highest BCUT2D eigenvalue weighted by atomic mass is 79.9. The predicted molar refractivity (Wildman–Crippen MR) is 96.4 cm³/mol. The number of ether oxygens (including phenoxy) is 2. The standard InChI is InChI=1S/C16H23BrN2O3.ClH/c1-2-19(16(20)11-14-12-21-9-7-18-14)8-10-22-15-5-3-13(17)4-6-15;/h3-6,14,18H,2,7-12H2,1H3;1H. The summed E-state index contributed by atoms with van der Waals surface area (Å²) in [7, 11) is 0. The third-order valence-electron chi connectivity index (χ3n) is 3.60. The molecule has 130 valence electrons. The van der Waals surface area contributed by atoms with E-state index in [2.05, 4.69) is 21.2 Å². The molecule has 1 saturated heterocycles. The molecule has 0 bridgehead atoms. The maximum atomic E-state index is 12.3. The Balaban J connectivity index is 0.00000264. The van der Waals surface area contributed by atoms with Crippen molar-refractivity contribution in [3.8, 4) is 5.75 Å². The monoisotopic (exact) mass is 406 g/mol. The Morgan fingerprint density at radius 2 is 2.17 bits per heavy atom. The number of likely N-dealkylation sites (N-methyl/N-ethyl adjacent to an activating group) is 1.